The molecule has 0 aromatic heterocycles. The molecule has 2 aromatic rings. The molecule has 0 bridgehead atoms. The molecule has 2 heterocycles. The van der Waals surface area contributed by atoms with Gasteiger partial charge in [0.1, 0.15) is 18.0 Å². The molecular formula is C31H34N4O6. The molecule has 214 valence electrons. The number of carbonyl (C=O) groups is 4. The van der Waals surface area contributed by atoms with Gasteiger partial charge in [-0.25, -0.2) is 14.7 Å². The fourth-order valence-corrected chi connectivity index (χ4v) is 5.65. The lowest BCUT2D eigenvalue weighted by atomic mass is 9.77. The van der Waals surface area contributed by atoms with E-state index in [-0.39, 0.29) is 12.5 Å². The molecule has 5 amide bonds. The molecule has 3 aliphatic rings. The zero-order valence-corrected chi connectivity index (χ0v) is 23.5. The molecule has 1 aliphatic carbocycles. The van der Waals surface area contributed by atoms with Crippen molar-refractivity contribution >= 4 is 35.5 Å². The highest BCUT2D eigenvalue weighted by Crippen LogP contribution is 2.44. The number of urea groups is 1. The number of unbranched alkanes of at least 4 members (excludes halogenated alkanes) is 1. The van der Waals surface area contributed by atoms with Gasteiger partial charge in [-0.15, -0.1) is 0 Å². The average Bonchev–Trinajstić information content (AvgIpc) is 3.48. The summed E-state index contributed by atoms with van der Waals surface area (Å²) in [4.78, 5) is 53.5. The van der Waals surface area contributed by atoms with E-state index in [1.54, 1.807) is 14.2 Å². The van der Waals surface area contributed by atoms with Crippen LogP contribution in [0, 0.1) is 5.92 Å². The minimum atomic E-state index is -0.982. The van der Waals surface area contributed by atoms with E-state index >= 15 is 0 Å². The third kappa shape index (κ3) is 5.46. The SMILES string of the molecule is CCCCN1C(=O)C(=O)N(CC(=O)N2N=C3C(=Cc4ccc(OC)cc4)CCCC3C2c2ccc(OC)cc2)C1=O. The first-order valence-electron chi connectivity index (χ1n) is 13.9. The first-order valence-corrected chi connectivity index (χ1v) is 13.9. The van der Waals surface area contributed by atoms with Crippen LogP contribution in [0.5, 0.6) is 11.5 Å². The number of ether oxygens (including phenoxy) is 2. The van der Waals surface area contributed by atoms with Gasteiger partial charge < -0.3 is 9.47 Å². The second kappa shape index (κ2) is 12.0. The van der Waals surface area contributed by atoms with Crippen molar-refractivity contribution in [3.63, 3.8) is 0 Å². The van der Waals surface area contributed by atoms with Crippen LogP contribution in [0.25, 0.3) is 6.08 Å². The van der Waals surface area contributed by atoms with Gasteiger partial charge in [0.2, 0.25) is 0 Å². The summed E-state index contributed by atoms with van der Waals surface area (Å²) in [6.07, 6.45) is 5.97. The van der Waals surface area contributed by atoms with E-state index in [1.165, 1.54) is 5.01 Å². The molecule has 2 unspecified atom stereocenters. The standard InChI is InChI=1S/C31H34N4O6/c1-4-5-17-33-29(37)30(38)34(31(33)39)19-26(36)35-28(21-11-15-24(41-3)16-12-21)25-8-6-7-22(27(25)32-35)18-20-9-13-23(40-2)14-10-20/h9-16,18,25,28H,4-8,17,19H2,1-3H3. The van der Waals surface area contributed by atoms with E-state index in [9.17, 15) is 19.2 Å². The van der Waals surface area contributed by atoms with Crippen molar-refractivity contribution in [2.45, 2.75) is 45.1 Å². The summed E-state index contributed by atoms with van der Waals surface area (Å²) in [6, 6.07) is 14.0. The van der Waals surface area contributed by atoms with Crippen LogP contribution >= 0.6 is 0 Å². The lowest BCUT2D eigenvalue weighted by Crippen LogP contribution is -2.42. The smallest absolute Gasteiger partial charge is 0.334 e. The van der Waals surface area contributed by atoms with E-state index in [1.807, 2.05) is 55.5 Å². The Kier molecular flexibility index (Phi) is 8.19. The van der Waals surface area contributed by atoms with E-state index in [4.69, 9.17) is 14.6 Å². The van der Waals surface area contributed by atoms with Crippen molar-refractivity contribution in [2.24, 2.45) is 11.0 Å². The van der Waals surface area contributed by atoms with Crippen molar-refractivity contribution in [1.29, 1.82) is 0 Å². The average molecular weight is 559 g/mol. The van der Waals surface area contributed by atoms with Crippen LogP contribution in [0.2, 0.25) is 0 Å². The third-order valence-electron chi connectivity index (χ3n) is 7.83. The summed E-state index contributed by atoms with van der Waals surface area (Å²) in [5, 5.41) is 6.23. The predicted octanol–water partition coefficient (Wildman–Crippen LogP) is 4.42. The first kappa shape index (κ1) is 28.1. The minimum absolute atomic E-state index is 0.0711. The van der Waals surface area contributed by atoms with Crippen LogP contribution in [-0.4, -0.2) is 71.6 Å². The summed E-state index contributed by atoms with van der Waals surface area (Å²) in [7, 11) is 3.22. The molecule has 2 atom stereocenters. The molecule has 10 nitrogen and oxygen atoms in total. The summed E-state index contributed by atoms with van der Waals surface area (Å²) < 4.78 is 10.6. The van der Waals surface area contributed by atoms with Gasteiger partial charge in [-0.1, -0.05) is 37.6 Å². The van der Waals surface area contributed by atoms with Crippen molar-refractivity contribution in [1.82, 2.24) is 14.8 Å². The van der Waals surface area contributed by atoms with Gasteiger partial charge in [-0.05, 0) is 72.7 Å². The number of methoxy groups -OCH3 is 2. The summed E-state index contributed by atoms with van der Waals surface area (Å²) in [5.74, 6) is -1.02. The second-order valence-corrected chi connectivity index (χ2v) is 10.4. The fourth-order valence-electron chi connectivity index (χ4n) is 5.65. The van der Waals surface area contributed by atoms with Gasteiger partial charge in [-0.2, -0.15) is 5.10 Å². The molecule has 2 fully saturated rings. The summed E-state index contributed by atoms with van der Waals surface area (Å²) >= 11 is 0. The largest absolute Gasteiger partial charge is 0.497 e. The Morgan fingerprint density at radius 2 is 1.59 bits per heavy atom. The van der Waals surface area contributed by atoms with Crippen LogP contribution < -0.4 is 9.47 Å². The molecule has 0 N–H and O–H groups in total. The number of rotatable bonds is 9. The first-order chi connectivity index (χ1) is 19.9. The van der Waals surface area contributed by atoms with E-state index in [0.717, 1.165) is 63.6 Å². The Morgan fingerprint density at radius 1 is 0.951 bits per heavy atom. The number of fused-ring (bicyclic) bond motifs is 1. The zero-order valence-electron chi connectivity index (χ0n) is 23.5. The van der Waals surface area contributed by atoms with Gasteiger partial charge in [0.05, 0.1) is 26.0 Å². The molecule has 2 aliphatic heterocycles. The molecule has 5 rings (SSSR count). The Hall–Kier alpha value is -4.47. The number of allylic oxidation sites excluding steroid dienone is 1. The van der Waals surface area contributed by atoms with Crippen molar-refractivity contribution in [3.8, 4) is 11.5 Å². The Bertz CT molecular complexity index is 1400. The summed E-state index contributed by atoms with van der Waals surface area (Å²) in [6.45, 7) is 1.52. The van der Waals surface area contributed by atoms with Crippen molar-refractivity contribution < 1.29 is 28.7 Å². The molecule has 10 heteroatoms. The molecule has 41 heavy (non-hydrogen) atoms. The van der Waals surface area contributed by atoms with E-state index in [0.29, 0.717) is 12.2 Å². The lowest BCUT2D eigenvalue weighted by molar-refractivity contribution is -0.145. The second-order valence-electron chi connectivity index (χ2n) is 10.4. The highest BCUT2D eigenvalue weighted by molar-refractivity contribution is 6.45. The van der Waals surface area contributed by atoms with E-state index in [2.05, 4.69) is 6.08 Å². The number of hydrogen-bond acceptors (Lipinski definition) is 7. The number of benzene rings is 2. The number of imide groups is 2. The lowest BCUT2D eigenvalue weighted by Gasteiger charge is -2.30. The van der Waals surface area contributed by atoms with Crippen LogP contribution in [-0.2, 0) is 14.4 Å². The topological polar surface area (TPSA) is 109 Å². The van der Waals surface area contributed by atoms with Crippen LogP contribution in [0.1, 0.15) is 56.2 Å². The van der Waals surface area contributed by atoms with Crippen LogP contribution in [0.3, 0.4) is 0 Å². The predicted molar refractivity (Wildman–Crippen MR) is 152 cm³/mol. The Labute approximate surface area is 239 Å². The fraction of sp³-hybridized carbons (Fsp3) is 0.387. The number of nitrogens with zero attached hydrogens (tertiary/aromatic N) is 4. The van der Waals surface area contributed by atoms with Crippen LogP contribution in [0.4, 0.5) is 4.79 Å². The molecule has 1 saturated carbocycles. The van der Waals surface area contributed by atoms with E-state index < -0.39 is 36.3 Å². The number of amides is 5. The monoisotopic (exact) mass is 558 g/mol. The van der Waals surface area contributed by atoms with Crippen molar-refractivity contribution in [3.05, 3.63) is 65.2 Å². The van der Waals surface area contributed by atoms with Gasteiger partial charge in [-0.3, -0.25) is 19.3 Å². The van der Waals surface area contributed by atoms with Gasteiger partial charge >= 0.3 is 17.8 Å². The Morgan fingerprint density at radius 3 is 2.22 bits per heavy atom. The third-order valence-corrected chi connectivity index (χ3v) is 7.83. The minimum Gasteiger partial charge on any atom is -0.497 e. The Balaban J connectivity index is 1.47. The number of hydrogen-bond donors (Lipinski definition) is 0. The number of carbonyl (C=O) groups excluding carboxylic acids is 4. The molecule has 0 spiro atoms. The normalized spacial score (nSPS) is 21.4. The molecular weight excluding hydrogens is 524 g/mol. The highest BCUT2D eigenvalue weighted by atomic mass is 16.5. The molecule has 0 radical (unpaired) electrons. The van der Waals surface area contributed by atoms with Crippen LogP contribution in [0.15, 0.2) is 59.2 Å². The maximum Gasteiger partial charge on any atom is 0.334 e. The van der Waals surface area contributed by atoms with Gasteiger partial charge in [0.25, 0.3) is 5.91 Å². The molecule has 2 aromatic carbocycles. The highest BCUT2D eigenvalue weighted by Gasteiger charge is 2.48. The van der Waals surface area contributed by atoms with Crippen molar-refractivity contribution in [2.75, 3.05) is 27.3 Å². The summed E-state index contributed by atoms with van der Waals surface area (Å²) in [5.41, 5.74) is 3.72. The van der Waals surface area contributed by atoms with Gasteiger partial charge in [0.15, 0.2) is 0 Å². The quantitative estimate of drug-likeness (QED) is 0.333. The maximum atomic E-state index is 13.8. The maximum absolute atomic E-state index is 13.8. The van der Waals surface area contributed by atoms with Gasteiger partial charge in [0, 0.05) is 12.5 Å². The molecule has 1 saturated heterocycles. The zero-order chi connectivity index (χ0) is 29.1. The number of hydrazone groups is 1.